The Hall–Kier alpha value is -2.08. The molecule has 5 nitrogen and oxygen atoms in total. The van der Waals surface area contributed by atoms with Crippen molar-refractivity contribution in [2.45, 2.75) is 19.4 Å². The van der Waals surface area contributed by atoms with Gasteiger partial charge in [-0.15, -0.1) is 0 Å². The molecule has 1 unspecified atom stereocenters. The first-order valence-electron chi connectivity index (χ1n) is 6.06. The minimum Gasteiger partial charge on any atom is -0.487 e. The summed E-state index contributed by atoms with van der Waals surface area (Å²) in [6.45, 7) is 1.31. The summed E-state index contributed by atoms with van der Waals surface area (Å²) in [5, 5.41) is 12.4. The summed E-state index contributed by atoms with van der Waals surface area (Å²) in [6, 6.07) is 6.67. The molecular formula is C14H15NO4S. The summed E-state index contributed by atoms with van der Waals surface area (Å²) < 4.78 is 5.17. The third-order valence-corrected chi connectivity index (χ3v) is 4.02. The number of ether oxygens (including phenoxy) is 1. The van der Waals surface area contributed by atoms with Gasteiger partial charge >= 0.3 is 5.97 Å². The average Bonchev–Trinajstić information content (AvgIpc) is 2.79. The van der Waals surface area contributed by atoms with E-state index in [1.165, 1.54) is 18.3 Å². The number of carbonyl (C=O) groups excluding carboxylic acids is 1. The van der Waals surface area contributed by atoms with Crippen LogP contribution >= 0.6 is 11.3 Å². The lowest BCUT2D eigenvalue weighted by molar-refractivity contribution is -0.141. The minimum absolute atomic E-state index is 0.261. The van der Waals surface area contributed by atoms with E-state index in [-0.39, 0.29) is 12.3 Å². The molecule has 20 heavy (non-hydrogen) atoms. The maximum atomic E-state index is 11.2. The van der Waals surface area contributed by atoms with E-state index in [4.69, 9.17) is 9.84 Å². The molecule has 2 aliphatic rings. The summed E-state index contributed by atoms with van der Waals surface area (Å²) >= 11 is 1.50. The van der Waals surface area contributed by atoms with Crippen LogP contribution in [-0.2, 0) is 16.0 Å². The van der Waals surface area contributed by atoms with Crippen LogP contribution in [-0.4, -0.2) is 30.1 Å². The molecule has 1 amide bonds. The van der Waals surface area contributed by atoms with Crippen LogP contribution in [0.1, 0.15) is 12.5 Å². The van der Waals surface area contributed by atoms with Crippen molar-refractivity contribution in [2.75, 3.05) is 7.11 Å². The Morgan fingerprint density at radius 3 is 2.70 bits per heavy atom. The standard InChI is InChI=1S/C14H15NO4S/c1-8(16)15-11(14(17)18)7-9-3-5-12-10(9)4-6-13(19-2)20-12/h3-6,11H,7H2,1-2H3,(H,15,16)(H,17,18). The van der Waals surface area contributed by atoms with Gasteiger partial charge in [-0.3, -0.25) is 4.79 Å². The molecule has 0 bridgehead atoms. The SMILES string of the molecule is COc1ccc2c(CC(NC(C)=O)C(=O)O)ccc-2s1. The van der Waals surface area contributed by atoms with Crippen LogP contribution in [0.3, 0.4) is 0 Å². The van der Waals surface area contributed by atoms with Crippen LogP contribution in [0.5, 0.6) is 5.06 Å². The average molecular weight is 293 g/mol. The molecule has 1 aliphatic heterocycles. The van der Waals surface area contributed by atoms with E-state index < -0.39 is 12.0 Å². The number of carbonyl (C=O) groups is 2. The Morgan fingerprint density at radius 1 is 1.35 bits per heavy atom. The highest BCUT2D eigenvalue weighted by Gasteiger charge is 2.22. The van der Waals surface area contributed by atoms with Crippen molar-refractivity contribution in [3.05, 3.63) is 29.8 Å². The van der Waals surface area contributed by atoms with E-state index in [0.717, 1.165) is 21.1 Å². The second kappa shape index (κ2) is 5.92. The molecule has 0 radical (unpaired) electrons. The zero-order chi connectivity index (χ0) is 14.7. The van der Waals surface area contributed by atoms with Gasteiger partial charge in [-0.25, -0.2) is 4.79 Å². The van der Waals surface area contributed by atoms with Crippen molar-refractivity contribution in [3.63, 3.8) is 0 Å². The highest BCUT2D eigenvalue weighted by molar-refractivity contribution is 7.17. The number of carboxylic acids is 1. The van der Waals surface area contributed by atoms with Crippen LogP contribution in [0.25, 0.3) is 10.4 Å². The predicted octanol–water partition coefficient (Wildman–Crippen LogP) is 1.99. The summed E-state index contributed by atoms with van der Waals surface area (Å²) in [4.78, 5) is 23.2. The quantitative estimate of drug-likeness (QED) is 0.884. The lowest BCUT2D eigenvalue weighted by Crippen LogP contribution is -2.41. The van der Waals surface area contributed by atoms with Gasteiger partial charge < -0.3 is 15.2 Å². The molecule has 0 saturated heterocycles. The molecule has 2 N–H and O–H groups in total. The second-order valence-electron chi connectivity index (χ2n) is 4.39. The molecule has 1 atom stereocenters. The van der Waals surface area contributed by atoms with E-state index in [0.29, 0.717) is 0 Å². The van der Waals surface area contributed by atoms with Crippen molar-refractivity contribution in [1.29, 1.82) is 0 Å². The fraction of sp³-hybridized carbons (Fsp3) is 0.286. The van der Waals surface area contributed by atoms with E-state index in [2.05, 4.69) is 5.32 Å². The van der Waals surface area contributed by atoms with Crippen molar-refractivity contribution < 1.29 is 19.4 Å². The summed E-state index contributed by atoms with van der Waals surface area (Å²) in [6.07, 6.45) is 0.261. The fourth-order valence-electron chi connectivity index (χ4n) is 2.04. The first-order chi connectivity index (χ1) is 9.51. The zero-order valence-electron chi connectivity index (χ0n) is 11.2. The molecule has 0 spiro atoms. The molecule has 6 heteroatoms. The first-order valence-corrected chi connectivity index (χ1v) is 6.88. The number of amides is 1. The van der Waals surface area contributed by atoms with E-state index in [1.807, 2.05) is 24.3 Å². The second-order valence-corrected chi connectivity index (χ2v) is 5.44. The molecule has 1 heterocycles. The number of hydrogen-bond donors (Lipinski definition) is 2. The van der Waals surface area contributed by atoms with Gasteiger partial charge in [-0.2, -0.15) is 0 Å². The Bertz CT molecular complexity index is 607. The fourth-order valence-corrected chi connectivity index (χ4v) is 2.92. The Balaban J connectivity index is 2.24. The van der Waals surface area contributed by atoms with Crippen molar-refractivity contribution >= 4 is 23.2 Å². The Kier molecular flexibility index (Phi) is 4.24. The third kappa shape index (κ3) is 3.08. The zero-order valence-corrected chi connectivity index (χ0v) is 12.0. The van der Waals surface area contributed by atoms with Crippen LogP contribution in [0.4, 0.5) is 0 Å². The van der Waals surface area contributed by atoms with Gasteiger partial charge in [0.05, 0.1) is 7.11 Å². The Labute approximate surface area is 120 Å². The number of carboxylic acid groups (broad SMARTS) is 1. The van der Waals surface area contributed by atoms with Crippen molar-refractivity contribution in [1.82, 2.24) is 5.32 Å². The molecule has 1 aliphatic carbocycles. The molecule has 0 aromatic rings. The lowest BCUT2D eigenvalue weighted by Gasteiger charge is -2.13. The molecule has 0 aromatic heterocycles. The van der Waals surface area contributed by atoms with Gasteiger partial charge in [0.15, 0.2) is 5.06 Å². The first kappa shape index (κ1) is 14.3. The molecule has 0 saturated carbocycles. The largest absolute Gasteiger partial charge is 0.487 e. The predicted molar refractivity (Wildman–Crippen MR) is 76.4 cm³/mol. The maximum Gasteiger partial charge on any atom is 0.326 e. The third-order valence-electron chi connectivity index (χ3n) is 2.94. The Morgan fingerprint density at radius 2 is 2.10 bits per heavy atom. The topological polar surface area (TPSA) is 75.6 Å². The summed E-state index contributed by atoms with van der Waals surface area (Å²) in [5.41, 5.74) is 1.90. The highest BCUT2D eigenvalue weighted by Crippen LogP contribution is 2.37. The van der Waals surface area contributed by atoms with Gasteiger partial charge in [0.2, 0.25) is 5.91 Å². The van der Waals surface area contributed by atoms with Crippen molar-refractivity contribution in [3.8, 4) is 15.5 Å². The maximum absolute atomic E-state index is 11.2. The smallest absolute Gasteiger partial charge is 0.326 e. The molecular weight excluding hydrogens is 278 g/mol. The van der Waals surface area contributed by atoms with E-state index in [9.17, 15) is 9.59 Å². The van der Waals surface area contributed by atoms with Crippen LogP contribution in [0.2, 0.25) is 0 Å². The van der Waals surface area contributed by atoms with Gasteiger partial charge in [-0.1, -0.05) is 17.4 Å². The summed E-state index contributed by atoms with van der Waals surface area (Å²) in [5.74, 6) is -1.38. The van der Waals surface area contributed by atoms with E-state index in [1.54, 1.807) is 7.11 Å². The lowest BCUT2D eigenvalue weighted by atomic mass is 10.0. The van der Waals surface area contributed by atoms with Gasteiger partial charge in [0.25, 0.3) is 0 Å². The number of methoxy groups -OCH3 is 1. The highest BCUT2D eigenvalue weighted by atomic mass is 32.1. The normalized spacial score (nSPS) is 12.1. The monoisotopic (exact) mass is 293 g/mol. The molecule has 2 rings (SSSR count). The number of fused-ring (bicyclic) bond motifs is 1. The van der Waals surface area contributed by atoms with Crippen LogP contribution < -0.4 is 10.1 Å². The van der Waals surface area contributed by atoms with Crippen LogP contribution in [0.15, 0.2) is 24.3 Å². The molecule has 106 valence electrons. The molecule has 0 aromatic carbocycles. The van der Waals surface area contributed by atoms with Gasteiger partial charge in [0.1, 0.15) is 6.04 Å². The van der Waals surface area contributed by atoms with Gasteiger partial charge in [0, 0.05) is 18.2 Å². The number of rotatable bonds is 5. The number of aliphatic carboxylic acids is 1. The van der Waals surface area contributed by atoms with E-state index >= 15 is 0 Å². The van der Waals surface area contributed by atoms with Gasteiger partial charge in [-0.05, 0) is 29.3 Å². The van der Waals surface area contributed by atoms with Crippen molar-refractivity contribution in [2.24, 2.45) is 0 Å². The molecule has 0 fully saturated rings. The number of nitrogens with one attached hydrogen (secondary N) is 1. The minimum atomic E-state index is -1.04. The van der Waals surface area contributed by atoms with Crippen LogP contribution in [0, 0.1) is 0 Å². The summed E-state index contributed by atoms with van der Waals surface area (Å²) in [7, 11) is 1.61. The number of hydrogen-bond acceptors (Lipinski definition) is 4.